The van der Waals surface area contributed by atoms with E-state index < -0.39 is 0 Å². The quantitative estimate of drug-likeness (QED) is 0.621. The summed E-state index contributed by atoms with van der Waals surface area (Å²) in [6.45, 7) is 9.01. The van der Waals surface area contributed by atoms with Gasteiger partial charge in [-0.15, -0.1) is 11.8 Å². The number of carbonyl (C=O) groups excluding carboxylic acids is 1. The number of thioether (sulfide) groups is 1. The molecule has 4 rings (SSSR count). The number of hydrogen-bond acceptors (Lipinski definition) is 6. The van der Waals surface area contributed by atoms with Crippen LogP contribution in [0.15, 0.2) is 35.4 Å². The molecule has 168 valence electrons. The number of piperazine rings is 1. The van der Waals surface area contributed by atoms with E-state index in [1.165, 1.54) is 17.3 Å². The number of amides is 1. The minimum atomic E-state index is -0.201. The number of aromatic nitrogens is 1. The van der Waals surface area contributed by atoms with Crippen molar-refractivity contribution in [2.75, 3.05) is 39.0 Å². The first-order chi connectivity index (χ1) is 15.6. The van der Waals surface area contributed by atoms with Gasteiger partial charge >= 0.3 is 0 Å². The predicted octanol–water partition coefficient (Wildman–Crippen LogP) is 3.62. The maximum Gasteiger partial charge on any atom is 0.253 e. The zero-order chi connectivity index (χ0) is 22.5. The molecule has 1 aliphatic carbocycles. The van der Waals surface area contributed by atoms with Crippen molar-refractivity contribution in [3.63, 3.8) is 0 Å². The zero-order valence-electron chi connectivity index (χ0n) is 18.9. The number of rotatable bonds is 8. The molecule has 2 fully saturated rings. The Labute approximate surface area is 195 Å². The van der Waals surface area contributed by atoms with Crippen molar-refractivity contribution < 1.29 is 4.79 Å². The van der Waals surface area contributed by atoms with E-state index >= 15 is 0 Å². The second-order valence-electron chi connectivity index (χ2n) is 8.53. The van der Waals surface area contributed by atoms with Crippen molar-refractivity contribution in [2.45, 2.75) is 43.8 Å². The number of benzene rings is 1. The molecule has 1 aromatic heterocycles. The summed E-state index contributed by atoms with van der Waals surface area (Å²) in [5.41, 5.74) is 4.13. The molecule has 0 spiro atoms. The lowest BCUT2D eigenvalue weighted by molar-refractivity contribution is 0.0949. The Morgan fingerprint density at radius 1 is 1.19 bits per heavy atom. The molecule has 7 heteroatoms. The molecule has 1 amide bonds. The molecule has 0 radical (unpaired) electrons. The van der Waals surface area contributed by atoms with E-state index in [1.54, 1.807) is 0 Å². The Kier molecular flexibility index (Phi) is 7.46. The van der Waals surface area contributed by atoms with Gasteiger partial charge in [0.2, 0.25) is 0 Å². The molecule has 2 heterocycles. The van der Waals surface area contributed by atoms with Crippen LogP contribution in [-0.2, 0) is 13.1 Å². The Morgan fingerprint density at radius 3 is 2.50 bits per heavy atom. The fourth-order valence-corrected chi connectivity index (χ4v) is 4.78. The molecule has 1 saturated heterocycles. The molecular weight excluding hydrogens is 418 g/mol. The number of nitrogens with one attached hydrogen (secondary N) is 1. The van der Waals surface area contributed by atoms with Gasteiger partial charge in [-0.05, 0) is 42.8 Å². The molecule has 2 aliphatic rings. The van der Waals surface area contributed by atoms with E-state index in [2.05, 4.69) is 51.3 Å². The lowest BCUT2D eigenvalue weighted by Crippen LogP contribution is -2.45. The van der Waals surface area contributed by atoms with Gasteiger partial charge < -0.3 is 10.2 Å². The molecule has 0 atom stereocenters. The molecule has 2 aromatic rings. The smallest absolute Gasteiger partial charge is 0.253 e. The van der Waals surface area contributed by atoms with E-state index in [0.717, 1.165) is 63.4 Å². The monoisotopic (exact) mass is 449 g/mol. The van der Waals surface area contributed by atoms with Gasteiger partial charge in [-0.1, -0.05) is 31.2 Å². The Hall–Kier alpha value is -2.40. The average Bonchev–Trinajstić information content (AvgIpc) is 3.68. The Morgan fingerprint density at radius 2 is 1.88 bits per heavy atom. The minimum Gasteiger partial charge on any atom is -0.348 e. The highest BCUT2D eigenvalue weighted by Gasteiger charge is 2.28. The largest absolute Gasteiger partial charge is 0.348 e. The van der Waals surface area contributed by atoms with Crippen molar-refractivity contribution in [1.29, 1.82) is 5.26 Å². The van der Waals surface area contributed by atoms with Gasteiger partial charge in [-0.2, -0.15) is 5.26 Å². The van der Waals surface area contributed by atoms with Crippen LogP contribution in [0.5, 0.6) is 0 Å². The lowest BCUT2D eigenvalue weighted by Gasteiger charge is -2.34. The van der Waals surface area contributed by atoms with Crippen LogP contribution >= 0.6 is 11.8 Å². The van der Waals surface area contributed by atoms with Gasteiger partial charge in [0.25, 0.3) is 5.91 Å². The summed E-state index contributed by atoms with van der Waals surface area (Å²) >= 11 is 1.43. The van der Waals surface area contributed by atoms with E-state index in [9.17, 15) is 10.1 Å². The summed E-state index contributed by atoms with van der Waals surface area (Å²) < 4.78 is 0. The van der Waals surface area contributed by atoms with Crippen molar-refractivity contribution in [1.82, 2.24) is 20.1 Å². The maximum atomic E-state index is 13.1. The van der Waals surface area contributed by atoms with Gasteiger partial charge in [-0.25, -0.2) is 4.98 Å². The van der Waals surface area contributed by atoms with Crippen LogP contribution in [0.4, 0.5) is 0 Å². The predicted molar refractivity (Wildman–Crippen MR) is 128 cm³/mol. The van der Waals surface area contributed by atoms with E-state index in [-0.39, 0.29) is 5.91 Å². The van der Waals surface area contributed by atoms with Crippen LogP contribution in [0.3, 0.4) is 0 Å². The molecule has 6 nitrogen and oxygen atoms in total. The van der Waals surface area contributed by atoms with Crippen molar-refractivity contribution in [3.8, 4) is 6.07 Å². The topological polar surface area (TPSA) is 72.3 Å². The van der Waals surface area contributed by atoms with Crippen LogP contribution in [0.1, 0.15) is 58.4 Å². The van der Waals surface area contributed by atoms with Crippen LogP contribution in [0, 0.1) is 11.3 Å². The molecule has 0 unspecified atom stereocenters. The van der Waals surface area contributed by atoms with Crippen molar-refractivity contribution >= 4 is 17.7 Å². The number of hydrogen-bond donors (Lipinski definition) is 1. The second-order valence-corrected chi connectivity index (χ2v) is 9.32. The fourth-order valence-electron chi connectivity index (χ4n) is 4.22. The number of pyridine rings is 1. The average molecular weight is 450 g/mol. The third-order valence-electron chi connectivity index (χ3n) is 6.42. The normalized spacial score (nSPS) is 17.2. The van der Waals surface area contributed by atoms with Gasteiger partial charge in [0.1, 0.15) is 11.1 Å². The SMILES string of the molecule is CCN1CCN(Cc2ccccc2CNC(=O)c2cc(C3CC3)nc(SC)c2C#N)CC1. The van der Waals surface area contributed by atoms with E-state index in [0.29, 0.717) is 28.6 Å². The fraction of sp³-hybridized carbons (Fsp3) is 0.480. The first-order valence-electron chi connectivity index (χ1n) is 11.4. The highest BCUT2D eigenvalue weighted by molar-refractivity contribution is 7.98. The number of likely N-dealkylation sites (N-methyl/N-ethyl adjacent to an activating group) is 1. The lowest BCUT2D eigenvalue weighted by atomic mass is 10.0. The number of nitriles is 1. The second kappa shape index (κ2) is 10.5. The third kappa shape index (κ3) is 5.32. The highest BCUT2D eigenvalue weighted by atomic mass is 32.2. The van der Waals surface area contributed by atoms with E-state index in [4.69, 9.17) is 0 Å². The van der Waals surface area contributed by atoms with Crippen LogP contribution in [0.2, 0.25) is 0 Å². The van der Waals surface area contributed by atoms with Crippen LogP contribution in [0.25, 0.3) is 0 Å². The van der Waals surface area contributed by atoms with Crippen molar-refractivity contribution in [3.05, 3.63) is 58.3 Å². The molecular formula is C25H31N5OS. The number of carbonyl (C=O) groups is 1. The molecule has 32 heavy (non-hydrogen) atoms. The first kappa shape index (κ1) is 22.8. The van der Waals surface area contributed by atoms with E-state index in [1.807, 2.05) is 18.4 Å². The summed E-state index contributed by atoms with van der Waals surface area (Å²) in [6, 6.07) is 12.3. The van der Waals surface area contributed by atoms with Crippen molar-refractivity contribution in [2.24, 2.45) is 0 Å². The maximum absolute atomic E-state index is 13.1. The van der Waals surface area contributed by atoms with Gasteiger partial charge in [-0.3, -0.25) is 9.69 Å². The molecule has 1 saturated carbocycles. The molecule has 1 aromatic carbocycles. The Bertz CT molecular complexity index is 1010. The molecule has 0 bridgehead atoms. The summed E-state index contributed by atoms with van der Waals surface area (Å²) in [6.07, 6.45) is 4.11. The van der Waals surface area contributed by atoms with Crippen LogP contribution < -0.4 is 5.32 Å². The Balaban J connectivity index is 1.46. The molecule has 1 aliphatic heterocycles. The van der Waals surface area contributed by atoms with Gasteiger partial charge in [0.05, 0.1) is 11.1 Å². The third-order valence-corrected chi connectivity index (χ3v) is 7.10. The standard InChI is InChI=1S/C25H31N5OS/c1-3-29-10-12-30(13-11-29)17-20-7-5-4-6-19(20)16-27-24(31)21-14-23(18-8-9-18)28-25(32-2)22(21)15-26/h4-7,14,18H,3,8-13,16-17H2,1-2H3,(H,27,31). The minimum absolute atomic E-state index is 0.201. The van der Waals surface area contributed by atoms with Gasteiger partial charge in [0, 0.05) is 50.9 Å². The summed E-state index contributed by atoms with van der Waals surface area (Å²) in [7, 11) is 0. The summed E-state index contributed by atoms with van der Waals surface area (Å²) in [4.78, 5) is 22.7. The summed E-state index contributed by atoms with van der Waals surface area (Å²) in [5, 5.41) is 13.4. The van der Waals surface area contributed by atoms with Crippen LogP contribution in [-0.4, -0.2) is 59.7 Å². The zero-order valence-corrected chi connectivity index (χ0v) is 19.7. The first-order valence-corrected chi connectivity index (χ1v) is 12.6. The number of nitrogens with zero attached hydrogens (tertiary/aromatic N) is 4. The summed E-state index contributed by atoms with van der Waals surface area (Å²) in [5.74, 6) is 0.224. The highest BCUT2D eigenvalue weighted by Crippen LogP contribution is 2.40. The van der Waals surface area contributed by atoms with Gasteiger partial charge in [0.15, 0.2) is 0 Å². The molecule has 1 N–H and O–H groups in total.